The van der Waals surface area contributed by atoms with Gasteiger partial charge in [0.1, 0.15) is 0 Å². The number of halogens is 1. The highest BCUT2D eigenvalue weighted by Crippen LogP contribution is 1.76. The molecule has 0 unspecified atom stereocenters. The van der Waals surface area contributed by atoms with E-state index < -0.39 is 0 Å². The van der Waals surface area contributed by atoms with Gasteiger partial charge in [-0.05, 0) is 0 Å². The van der Waals surface area contributed by atoms with Crippen LogP contribution in [0.5, 0.6) is 0 Å². The first kappa shape index (κ1) is 11.9. The molecule has 0 saturated heterocycles. The Kier molecular flexibility index (Phi) is 10.9. The van der Waals surface area contributed by atoms with Crippen LogP contribution in [0.25, 0.3) is 0 Å². The Labute approximate surface area is 64.0 Å². The summed E-state index contributed by atoms with van der Waals surface area (Å²) < 4.78 is 0. The first-order valence-corrected chi connectivity index (χ1v) is 3.33. The summed E-state index contributed by atoms with van der Waals surface area (Å²) in [5, 5.41) is 2.18. The van der Waals surface area contributed by atoms with E-state index in [9.17, 15) is 0 Å². The molecule has 0 fully saturated rings. The maximum Gasteiger partial charge on any atom is 0.0102 e. The van der Waals surface area contributed by atoms with E-state index in [4.69, 9.17) is 0 Å². The van der Waals surface area contributed by atoms with E-state index in [0.29, 0.717) is 0 Å². The molecule has 0 aromatic carbocycles. The minimum Gasteiger partial charge on any atom is -0.255 e. The summed E-state index contributed by atoms with van der Waals surface area (Å²) in [6.07, 6.45) is 0. The fourth-order valence-corrected chi connectivity index (χ4v) is 0.671. The van der Waals surface area contributed by atoms with E-state index in [-0.39, 0.29) is 12.4 Å². The largest absolute Gasteiger partial charge is 0.255 e. The molecule has 0 aliphatic heterocycles. The number of nitrogens with one attached hydrogen (secondary N) is 1. The summed E-state index contributed by atoms with van der Waals surface area (Å²) >= 11 is 0. The van der Waals surface area contributed by atoms with Gasteiger partial charge in [0.2, 0.25) is 0 Å². The molecule has 0 aromatic rings. The molecule has 2 nitrogen and oxygen atoms in total. The van der Waals surface area contributed by atoms with Crippen LogP contribution >= 0.6 is 12.4 Å². The van der Waals surface area contributed by atoms with Crippen LogP contribution in [0.3, 0.4) is 0 Å². The van der Waals surface area contributed by atoms with Crippen LogP contribution in [-0.2, 0) is 0 Å². The van der Waals surface area contributed by atoms with E-state index in [1.165, 1.54) is 0 Å². The van der Waals surface area contributed by atoms with Gasteiger partial charge in [-0.2, -0.15) is 0 Å². The maximum atomic E-state index is 3.22. The quantitative estimate of drug-likeness (QED) is 0.611. The summed E-state index contributed by atoms with van der Waals surface area (Å²) in [5.74, 6) is 0. The Morgan fingerprint density at radius 2 is 1.56 bits per heavy atom. The van der Waals surface area contributed by atoms with Crippen molar-refractivity contribution in [3.8, 4) is 0 Å². The molecule has 0 amide bonds. The molecule has 0 bridgehead atoms. The van der Waals surface area contributed by atoms with Crippen molar-refractivity contribution in [1.29, 1.82) is 0 Å². The second-order valence-corrected chi connectivity index (χ2v) is 1.68. The Morgan fingerprint density at radius 1 is 1.11 bits per heavy atom. The van der Waals surface area contributed by atoms with E-state index in [0.717, 1.165) is 19.6 Å². The molecule has 9 heavy (non-hydrogen) atoms. The standard InChI is InChI=1S/C6H16N2.ClH/c1-4-7-8(5-2)6-3;/h7H,4-6H2,1-3H3;1H. The molecule has 0 rings (SSSR count). The van der Waals surface area contributed by atoms with Gasteiger partial charge >= 0.3 is 0 Å². The SMILES string of the molecule is CCNN(CC)CC.Cl. The molecule has 3 heteroatoms. The van der Waals surface area contributed by atoms with Crippen LogP contribution in [0.4, 0.5) is 0 Å². The third-order valence-corrected chi connectivity index (χ3v) is 1.15. The molecule has 0 saturated carbocycles. The highest BCUT2D eigenvalue weighted by atomic mass is 35.5. The fraction of sp³-hybridized carbons (Fsp3) is 1.00. The second kappa shape index (κ2) is 8.21. The summed E-state index contributed by atoms with van der Waals surface area (Å²) in [7, 11) is 0. The van der Waals surface area contributed by atoms with Gasteiger partial charge in [-0.3, -0.25) is 5.43 Å². The van der Waals surface area contributed by atoms with Crippen molar-refractivity contribution >= 4 is 12.4 Å². The van der Waals surface area contributed by atoms with Crippen LogP contribution < -0.4 is 5.43 Å². The van der Waals surface area contributed by atoms with Crippen molar-refractivity contribution in [2.45, 2.75) is 20.8 Å². The Balaban J connectivity index is 0. The number of hydrazine groups is 1. The molecule has 0 aliphatic carbocycles. The lowest BCUT2D eigenvalue weighted by Crippen LogP contribution is -2.37. The minimum absolute atomic E-state index is 0. The summed E-state index contributed by atoms with van der Waals surface area (Å²) in [4.78, 5) is 0. The van der Waals surface area contributed by atoms with Crippen molar-refractivity contribution in [2.24, 2.45) is 0 Å². The van der Waals surface area contributed by atoms with Gasteiger partial charge < -0.3 is 0 Å². The Bertz CT molecular complexity index is 46.3. The number of rotatable bonds is 4. The van der Waals surface area contributed by atoms with Crippen LogP contribution in [0, 0.1) is 0 Å². The number of nitrogens with zero attached hydrogens (tertiary/aromatic N) is 1. The van der Waals surface area contributed by atoms with E-state index in [1.54, 1.807) is 0 Å². The molecule has 0 atom stereocenters. The minimum atomic E-state index is 0. The second-order valence-electron chi connectivity index (χ2n) is 1.68. The predicted molar refractivity (Wildman–Crippen MR) is 43.8 cm³/mol. The smallest absolute Gasteiger partial charge is 0.0102 e. The van der Waals surface area contributed by atoms with Gasteiger partial charge in [-0.25, -0.2) is 5.01 Å². The van der Waals surface area contributed by atoms with Gasteiger partial charge in [0, 0.05) is 19.6 Å². The first-order chi connectivity index (χ1) is 3.85. The molecule has 58 valence electrons. The van der Waals surface area contributed by atoms with Crippen molar-refractivity contribution in [1.82, 2.24) is 10.4 Å². The van der Waals surface area contributed by atoms with Crippen LogP contribution in [-0.4, -0.2) is 24.6 Å². The Morgan fingerprint density at radius 3 is 1.67 bits per heavy atom. The summed E-state index contributed by atoms with van der Waals surface area (Å²) in [6.45, 7) is 9.60. The number of hydrogen-bond acceptors (Lipinski definition) is 2. The zero-order valence-electron chi connectivity index (χ0n) is 6.48. The predicted octanol–water partition coefficient (Wildman–Crippen LogP) is 1.27. The van der Waals surface area contributed by atoms with Crippen LogP contribution in [0.2, 0.25) is 0 Å². The maximum absolute atomic E-state index is 3.22. The van der Waals surface area contributed by atoms with E-state index in [2.05, 4.69) is 31.2 Å². The lowest BCUT2D eigenvalue weighted by Gasteiger charge is -2.17. The lowest BCUT2D eigenvalue weighted by molar-refractivity contribution is 0.215. The average Bonchev–Trinajstić information content (AvgIpc) is 1.83. The molecule has 0 aromatic heterocycles. The van der Waals surface area contributed by atoms with Gasteiger partial charge in [0.25, 0.3) is 0 Å². The molecular weight excluding hydrogens is 136 g/mol. The van der Waals surface area contributed by atoms with Gasteiger partial charge in [-0.1, -0.05) is 20.8 Å². The molecule has 0 radical (unpaired) electrons. The first-order valence-electron chi connectivity index (χ1n) is 3.33. The molecule has 0 heterocycles. The van der Waals surface area contributed by atoms with Crippen molar-refractivity contribution in [3.05, 3.63) is 0 Å². The van der Waals surface area contributed by atoms with E-state index in [1.807, 2.05) is 0 Å². The zero-order valence-corrected chi connectivity index (χ0v) is 7.29. The Hall–Kier alpha value is 0.210. The number of hydrogen-bond donors (Lipinski definition) is 1. The molecule has 0 aliphatic rings. The highest BCUT2D eigenvalue weighted by Gasteiger charge is 1.91. The molecule has 0 spiro atoms. The van der Waals surface area contributed by atoms with Gasteiger partial charge in [0.15, 0.2) is 0 Å². The monoisotopic (exact) mass is 152 g/mol. The lowest BCUT2D eigenvalue weighted by atomic mass is 10.6. The van der Waals surface area contributed by atoms with Crippen LogP contribution in [0.15, 0.2) is 0 Å². The van der Waals surface area contributed by atoms with Crippen LogP contribution in [0.1, 0.15) is 20.8 Å². The molecule has 1 N–H and O–H groups in total. The topological polar surface area (TPSA) is 15.3 Å². The van der Waals surface area contributed by atoms with Crippen molar-refractivity contribution in [3.63, 3.8) is 0 Å². The van der Waals surface area contributed by atoms with Gasteiger partial charge in [-0.15, -0.1) is 12.4 Å². The van der Waals surface area contributed by atoms with Crippen molar-refractivity contribution < 1.29 is 0 Å². The van der Waals surface area contributed by atoms with E-state index >= 15 is 0 Å². The molecular formula is C6H17ClN2. The highest BCUT2D eigenvalue weighted by molar-refractivity contribution is 5.85. The third-order valence-electron chi connectivity index (χ3n) is 1.15. The van der Waals surface area contributed by atoms with Crippen molar-refractivity contribution in [2.75, 3.05) is 19.6 Å². The summed E-state index contributed by atoms with van der Waals surface area (Å²) in [5.41, 5.74) is 3.22. The zero-order chi connectivity index (χ0) is 6.41. The third kappa shape index (κ3) is 6.09. The summed E-state index contributed by atoms with van der Waals surface area (Å²) in [6, 6.07) is 0. The average molecular weight is 153 g/mol. The van der Waals surface area contributed by atoms with Gasteiger partial charge in [0.05, 0.1) is 0 Å². The fourth-order valence-electron chi connectivity index (χ4n) is 0.671. The normalized spacial score (nSPS) is 9.33.